The van der Waals surface area contributed by atoms with Gasteiger partial charge in [-0.1, -0.05) is 0 Å². The van der Waals surface area contributed by atoms with Crippen molar-refractivity contribution in [3.63, 3.8) is 0 Å². The topological polar surface area (TPSA) is 41.5 Å². The average molecular weight is 197 g/mol. The molecule has 1 aromatic carbocycles. The summed E-state index contributed by atoms with van der Waals surface area (Å²) in [6.07, 6.45) is 0. The van der Waals surface area contributed by atoms with Crippen molar-refractivity contribution in [1.29, 1.82) is 0 Å². The second-order valence-electron chi connectivity index (χ2n) is 3.43. The van der Waals surface area contributed by atoms with Crippen molar-refractivity contribution in [2.24, 2.45) is 0 Å². The summed E-state index contributed by atoms with van der Waals surface area (Å²) in [6, 6.07) is 4.41. The summed E-state index contributed by atoms with van der Waals surface area (Å²) in [7, 11) is 0. The Kier molecular flexibility index (Phi) is 2.65. The molecule has 1 aromatic rings. The van der Waals surface area contributed by atoms with Gasteiger partial charge in [-0.05, 0) is 17.7 Å². The Balaban J connectivity index is 1.94. The zero-order valence-corrected chi connectivity index (χ0v) is 7.66. The number of nitrogens with one attached hydrogen (secondary N) is 1. The number of benzene rings is 1. The van der Waals surface area contributed by atoms with Crippen LogP contribution in [0.5, 0.6) is 5.75 Å². The van der Waals surface area contributed by atoms with E-state index in [0.29, 0.717) is 25.8 Å². The highest BCUT2D eigenvalue weighted by Gasteiger charge is 2.17. The smallest absolute Gasteiger partial charge is 0.127 e. The predicted molar refractivity (Wildman–Crippen MR) is 49.5 cm³/mol. The summed E-state index contributed by atoms with van der Waals surface area (Å²) in [5.41, 5.74) is 0.745. The summed E-state index contributed by atoms with van der Waals surface area (Å²) >= 11 is 0. The molecule has 4 heteroatoms. The molecule has 0 unspecified atom stereocenters. The fourth-order valence-corrected chi connectivity index (χ4v) is 1.35. The molecule has 0 aliphatic carbocycles. The monoisotopic (exact) mass is 197 g/mol. The Bertz CT molecular complexity index is 306. The van der Waals surface area contributed by atoms with E-state index in [-0.39, 0.29) is 5.75 Å². The number of ether oxygens (including phenoxy) is 1. The molecule has 1 heterocycles. The lowest BCUT2D eigenvalue weighted by atomic mass is 10.2. The molecule has 0 radical (unpaired) electrons. The molecule has 1 fully saturated rings. The average Bonchev–Trinajstić information content (AvgIpc) is 1.99. The molecule has 0 aromatic heterocycles. The molecule has 0 saturated carbocycles. The lowest BCUT2D eigenvalue weighted by Gasteiger charge is -2.27. The number of halogens is 1. The lowest BCUT2D eigenvalue weighted by Crippen LogP contribution is -2.45. The molecule has 76 valence electrons. The molecule has 2 N–H and O–H groups in total. The van der Waals surface area contributed by atoms with Crippen LogP contribution in [0.2, 0.25) is 0 Å². The van der Waals surface area contributed by atoms with Gasteiger partial charge in [0.25, 0.3) is 0 Å². The Labute approximate surface area is 81.5 Å². The van der Waals surface area contributed by atoms with Gasteiger partial charge in [-0.3, -0.25) is 0 Å². The molecule has 14 heavy (non-hydrogen) atoms. The van der Waals surface area contributed by atoms with Crippen LogP contribution >= 0.6 is 0 Å². The standard InChI is InChI=1S/C10H12FNO2/c11-8-1-7(2-10(13)3-8)4-12-9-5-14-6-9/h1-3,9,12-13H,4-6H2. The lowest BCUT2D eigenvalue weighted by molar-refractivity contribution is -0.00579. The second kappa shape index (κ2) is 3.94. The Morgan fingerprint density at radius 1 is 1.43 bits per heavy atom. The number of hydrogen-bond donors (Lipinski definition) is 2. The van der Waals surface area contributed by atoms with Crippen LogP contribution in [0.15, 0.2) is 18.2 Å². The maximum absolute atomic E-state index is 12.8. The van der Waals surface area contributed by atoms with E-state index in [9.17, 15) is 4.39 Å². The van der Waals surface area contributed by atoms with Crippen molar-refractivity contribution < 1.29 is 14.2 Å². The van der Waals surface area contributed by atoms with Crippen LogP contribution in [0, 0.1) is 5.82 Å². The van der Waals surface area contributed by atoms with E-state index in [0.717, 1.165) is 11.6 Å². The van der Waals surface area contributed by atoms with Crippen molar-refractivity contribution in [3.8, 4) is 5.75 Å². The van der Waals surface area contributed by atoms with Crippen LogP contribution in [0.1, 0.15) is 5.56 Å². The number of hydrogen-bond acceptors (Lipinski definition) is 3. The maximum Gasteiger partial charge on any atom is 0.127 e. The molecule has 0 atom stereocenters. The minimum absolute atomic E-state index is 0.0355. The molecular formula is C10H12FNO2. The van der Waals surface area contributed by atoms with Crippen molar-refractivity contribution in [2.75, 3.05) is 13.2 Å². The van der Waals surface area contributed by atoms with E-state index in [2.05, 4.69) is 5.32 Å². The molecule has 1 aliphatic heterocycles. The molecule has 0 amide bonds. The third-order valence-corrected chi connectivity index (χ3v) is 2.18. The van der Waals surface area contributed by atoms with E-state index in [4.69, 9.17) is 9.84 Å². The first-order valence-corrected chi connectivity index (χ1v) is 4.53. The van der Waals surface area contributed by atoms with Crippen molar-refractivity contribution in [3.05, 3.63) is 29.6 Å². The summed E-state index contributed by atoms with van der Waals surface area (Å²) in [4.78, 5) is 0. The maximum atomic E-state index is 12.8. The fourth-order valence-electron chi connectivity index (χ4n) is 1.35. The van der Waals surface area contributed by atoms with Gasteiger partial charge >= 0.3 is 0 Å². The number of phenolic OH excluding ortho intramolecular Hbond substituents is 1. The third kappa shape index (κ3) is 2.21. The van der Waals surface area contributed by atoms with Gasteiger partial charge in [0, 0.05) is 12.6 Å². The normalized spacial score (nSPS) is 16.6. The molecule has 0 spiro atoms. The van der Waals surface area contributed by atoms with Crippen LogP contribution < -0.4 is 5.32 Å². The van der Waals surface area contributed by atoms with E-state index in [1.54, 1.807) is 6.07 Å². The molecule has 1 aliphatic rings. The second-order valence-corrected chi connectivity index (χ2v) is 3.43. The molecular weight excluding hydrogens is 185 g/mol. The first kappa shape index (κ1) is 9.43. The first-order valence-electron chi connectivity index (χ1n) is 4.53. The summed E-state index contributed by atoms with van der Waals surface area (Å²) in [5.74, 6) is -0.446. The number of rotatable bonds is 3. The summed E-state index contributed by atoms with van der Waals surface area (Å²) in [5, 5.41) is 12.3. The minimum Gasteiger partial charge on any atom is -0.508 e. The molecule has 1 saturated heterocycles. The quantitative estimate of drug-likeness (QED) is 0.760. The molecule has 3 nitrogen and oxygen atoms in total. The number of phenols is 1. The largest absolute Gasteiger partial charge is 0.508 e. The third-order valence-electron chi connectivity index (χ3n) is 2.18. The molecule has 2 rings (SSSR count). The van der Waals surface area contributed by atoms with Crippen LogP contribution in [-0.4, -0.2) is 24.4 Å². The van der Waals surface area contributed by atoms with E-state index in [1.807, 2.05) is 0 Å². The van der Waals surface area contributed by atoms with Gasteiger partial charge in [0.15, 0.2) is 0 Å². The molecule has 0 bridgehead atoms. The van der Waals surface area contributed by atoms with E-state index in [1.165, 1.54) is 6.07 Å². The van der Waals surface area contributed by atoms with Gasteiger partial charge in [0.05, 0.1) is 19.3 Å². The van der Waals surface area contributed by atoms with Crippen molar-refractivity contribution in [2.45, 2.75) is 12.6 Å². The highest BCUT2D eigenvalue weighted by Crippen LogP contribution is 2.14. The zero-order chi connectivity index (χ0) is 9.97. The highest BCUT2D eigenvalue weighted by atomic mass is 19.1. The Morgan fingerprint density at radius 3 is 2.79 bits per heavy atom. The van der Waals surface area contributed by atoms with Gasteiger partial charge in [0.1, 0.15) is 11.6 Å². The van der Waals surface area contributed by atoms with Gasteiger partial charge < -0.3 is 15.2 Å². The van der Waals surface area contributed by atoms with Crippen molar-refractivity contribution >= 4 is 0 Å². The Morgan fingerprint density at radius 2 is 2.21 bits per heavy atom. The summed E-state index contributed by atoms with van der Waals surface area (Å²) in [6.45, 7) is 1.97. The van der Waals surface area contributed by atoms with E-state index >= 15 is 0 Å². The summed E-state index contributed by atoms with van der Waals surface area (Å²) < 4.78 is 17.8. The number of aromatic hydroxyl groups is 1. The van der Waals surface area contributed by atoms with Crippen LogP contribution in [-0.2, 0) is 11.3 Å². The minimum atomic E-state index is -0.411. The highest BCUT2D eigenvalue weighted by molar-refractivity contribution is 5.28. The van der Waals surface area contributed by atoms with Gasteiger partial charge in [0.2, 0.25) is 0 Å². The van der Waals surface area contributed by atoms with Crippen LogP contribution in [0.3, 0.4) is 0 Å². The zero-order valence-electron chi connectivity index (χ0n) is 7.66. The van der Waals surface area contributed by atoms with Crippen LogP contribution in [0.4, 0.5) is 4.39 Å². The van der Waals surface area contributed by atoms with Gasteiger partial charge in [-0.25, -0.2) is 4.39 Å². The van der Waals surface area contributed by atoms with Crippen LogP contribution in [0.25, 0.3) is 0 Å². The van der Waals surface area contributed by atoms with Crippen molar-refractivity contribution in [1.82, 2.24) is 5.32 Å². The van der Waals surface area contributed by atoms with Gasteiger partial charge in [-0.2, -0.15) is 0 Å². The fraction of sp³-hybridized carbons (Fsp3) is 0.400. The van der Waals surface area contributed by atoms with Gasteiger partial charge in [-0.15, -0.1) is 0 Å². The van der Waals surface area contributed by atoms with E-state index < -0.39 is 5.82 Å². The Hall–Kier alpha value is -1.13. The SMILES string of the molecule is Oc1cc(F)cc(CNC2COC2)c1. The first-order chi connectivity index (χ1) is 6.74. The predicted octanol–water partition coefficient (Wildman–Crippen LogP) is 1.02.